The molecular formula is C20H31N2+. The Balaban J connectivity index is 1.66. The Hall–Kier alpha value is -1.28. The van der Waals surface area contributed by atoms with Gasteiger partial charge in [0, 0.05) is 24.3 Å². The van der Waals surface area contributed by atoms with Gasteiger partial charge in [0.15, 0.2) is 0 Å². The van der Waals surface area contributed by atoms with E-state index < -0.39 is 0 Å². The molecule has 0 bridgehead atoms. The van der Waals surface area contributed by atoms with E-state index in [0.29, 0.717) is 0 Å². The average Bonchev–Trinajstić information content (AvgIpc) is 3.18. The van der Waals surface area contributed by atoms with Gasteiger partial charge in [-0.1, -0.05) is 50.8 Å². The summed E-state index contributed by atoms with van der Waals surface area (Å²) in [4.78, 5) is 3.71. The highest BCUT2D eigenvalue weighted by molar-refractivity contribution is 5.83. The molecule has 1 aromatic carbocycles. The number of aromatic amines is 1. The van der Waals surface area contributed by atoms with Crippen LogP contribution in [0, 0.1) is 0 Å². The zero-order valence-electron chi connectivity index (χ0n) is 14.1. The Morgan fingerprint density at radius 1 is 0.955 bits per heavy atom. The number of aromatic nitrogens is 1. The number of fused-ring (bicyclic) bond motifs is 1. The molecule has 0 radical (unpaired) electrons. The lowest BCUT2D eigenvalue weighted by atomic mass is 10.1. The molecule has 1 saturated heterocycles. The Kier molecular flexibility index (Phi) is 5.20. The largest absolute Gasteiger partial charge is 0.310 e. The molecule has 0 aliphatic carbocycles. The molecule has 0 amide bonds. The quantitative estimate of drug-likeness (QED) is 0.480. The summed E-state index contributed by atoms with van der Waals surface area (Å²) in [6.07, 6.45) is 11.1. The number of quaternary nitrogens is 1. The van der Waals surface area contributed by atoms with Gasteiger partial charge in [0.05, 0.1) is 25.2 Å². The summed E-state index contributed by atoms with van der Waals surface area (Å²) >= 11 is 0. The number of benzene rings is 1. The molecule has 1 N–H and O–H groups in total. The van der Waals surface area contributed by atoms with Crippen LogP contribution in [0.4, 0.5) is 5.82 Å². The second-order valence-electron chi connectivity index (χ2n) is 7.03. The SMILES string of the molecule is CCCCCCCC[N+]1(c2cc3ccccc3[nH]2)CCCC1. The van der Waals surface area contributed by atoms with Crippen molar-refractivity contribution in [3.8, 4) is 0 Å². The third-order valence-corrected chi connectivity index (χ3v) is 5.39. The first kappa shape index (κ1) is 15.6. The summed E-state index contributed by atoms with van der Waals surface area (Å²) in [7, 11) is 0. The Bertz CT molecular complexity index is 545. The standard InChI is InChI=1S/C20H31N2/c1-2-3-4-5-6-9-14-22(15-10-11-16-22)20-17-18-12-7-8-13-19(18)21-20/h7-8,12-13,17,21H,2-6,9-11,14-16H2,1H3/q+1. The number of H-pyrrole nitrogens is 1. The van der Waals surface area contributed by atoms with Crippen molar-refractivity contribution in [2.24, 2.45) is 0 Å². The van der Waals surface area contributed by atoms with Crippen molar-refractivity contribution in [1.82, 2.24) is 9.47 Å². The normalized spacial score (nSPS) is 17.3. The Labute approximate surface area is 135 Å². The molecule has 2 heteroatoms. The van der Waals surface area contributed by atoms with Gasteiger partial charge < -0.3 is 4.98 Å². The maximum atomic E-state index is 3.71. The van der Waals surface area contributed by atoms with E-state index >= 15 is 0 Å². The van der Waals surface area contributed by atoms with Crippen molar-refractivity contribution < 1.29 is 0 Å². The lowest BCUT2D eigenvalue weighted by molar-refractivity contribution is 0.316. The highest BCUT2D eigenvalue weighted by Crippen LogP contribution is 2.32. The minimum absolute atomic E-state index is 1.20. The van der Waals surface area contributed by atoms with E-state index in [4.69, 9.17) is 0 Å². The lowest BCUT2D eigenvalue weighted by Gasteiger charge is -2.32. The molecule has 3 rings (SSSR count). The third-order valence-electron chi connectivity index (χ3n) is 5.39. The third kappa shape index (κ3) is 3.38. The molecule has 1 fully saturated rings. The monoisotopic (exact) mass is 299 g/mol. The molecule has 1 aliphatic heterocycles. The number of hydrogen-bond donors (Lipinski definition) is 1. The number of rotatable bonds is 8. The molecule has 0 atom stereocenters. The van der Waals surface area contributed by atoms with Crippen LogP contribution in [0.5, 0.6) is 0 Å². The number of hydrogen-bond acceptors (Lipinski definition) is 0. The van der Waals surface area contributed by atoms with Crippen molar-refractivity contribution >= 4 is 16.7 Å². The van der Waals surface area contributed by atoms with E-state index in [1.54, 1.807) is 0 Å². The van der Waals surface area contributed by atoms with E-state index in [-0.39, 0.29) is 0 Å². The Morgan fingerprint density at radius 3 is 2.45 bits per heavy atom. The van der Waals surface area contributed by atoms with Crippen LogP contribution in [-0.2, 0) is 0 Å². The number of unbranched alkanes of at least 4 members (excludes halogenated alkanes) is 5. The molecule has 2 nitrogen and oxygen atoms in total. The predicted octanol–water partition coefficient (Wildman–Crippen LogP) is 5.63. The molecule has 0 unspecified atom stereocenters. The van der Waals surface area contributed by atoms with Gasteiger partial charge in [-0.05, 0) is 18.9 Å². The average molecular weight is 299 g/mol. The van der Waals surface area contributed by atoms with Crippen LogP contribution in [0.1, 0.15) is 58.3 Å². The molecule has 120 valence electrons. The van der Waals surface area contributed by atoms with Crippen LogP contribution >= 0.6 is 0 Å². The van der Waals surface area contributed by atoms with Gasteiger partial charge >= 0.3 is 0 Å². The van der Waals surface area contributed by atoms with Gasteiger partial charge in [0.1, 0.15) is 0 Å². The second-order valence-corrected chi connectivity index (χ2v) is 7.03. The summed E-state index contributed by atoms with van der Waals surface area (Å²) in [5.74, 6) is 1.45. The zero-order chi connectivity index (χ0) is 15.3. The second kappa shape index (κ2) is 7.32. The van der Waals surface area contributed by atoms with Gasteiger partial charge in [-0.25, -0.2) is 0 Å². The van der Waals surface area contributed by atoms with Crippen LogP contribution < -0.4 is 4.48 Å². The first-order valence-corrected chi connectivity index (χ1v) is 9.28. The van der Waals surface area contributed by atoms with E-state index in [2.05, 4.69) is 42.2 Å². The summed E-state index contributed by atoms with van der Waals surface area (Å²) in [5, 5.41) is 1.37. The number of nitrogens with one attached hydrogen (secondary N) is 1. The first-order valence-electron chi connectivity index (χ1n) is 9.28. The molecule has 1 aliphatic rings. The molecule has 0 saturated carbocycles. The molecular weight excluding hydrogens is 268 g/mol. The summed E-state index contributed by atoms with van der Waals surface area (Å²) < 4.78 is 1.20. The fraction of sp³-hybridized carbons (Fsp3) is 0.600. The van der Waals surface area contributed by atoms with E-state index in [9.17, 15) is 0 Å². The van der Waals surface area contributed by atoms with Crippen LogP contribution in [0.2, 0.25) is 0 Å². The van der Waals surface area contributed by atoms with Gasteiger partial charge in [0.25, 0.3) is 0 Å². The van der Waals surface area contributed by atoms with Gasteiger partial charge in [-0.2, -0.15) is 0 Å². The zero-order valence-corrected chi connectivity index (χ0v) is 14.1. The van der Waals surface area contributed by atoms with Crippen molar-refractivity contribution in [2.75, 3.05) is 19.6 Å². The molecule has 22 heavy (non-hydrogen) atoms. The number of likely N-dealkylation sites (tertiary alicyclic amines) is 1. The lowest BCUT2D eigenvalue weighted by Crippen LogP contribution is -2.47. The van der Waals surface area contributed by atoms with Gasteiger partial charge in [-0.15, -0.1) is 0 Å². The van der Waals surface area contributed by atoms with Crippen LogP contribution in [0.3, 0.4) is 0 Å². The van der Waals surface area contributed by atoms with Crippen LogP contribution in [-0.4, -0.2) is 24.6 Å². The van der Waals surface area contributed by atoms with E-state index in [1.165, 1.54) is 92.2 Å². The fourth-order valence-electron chi connectivity index (χ4n) is 4.03. The van der Waals surface area contributed by atoms with E-state index in [1.807, 2.05) is 0 Å². The van der Waals surface area contributed by atoms with Crippen molar-refractivity contribution in [1.29, 1.82) is 0 Å². The highest BCUT2D eigenvalue weighted by atomic mass is 15.4. The number of nitrogens with zero attached hydrogens (tertiary/aromatic N) is 1. The van der Waals surface area contributed by atoms with Crippen LogP contribution in [0.25, 0.3) is 10.9 Å². The topological polar surface area (TPSA) is 15.8 Å². The van der Waals surface area contributed by atoms with Gasteiger partial charge in [0.2, 0.25) is 5.82 Å². The fourth-order valence-corrected chi connectivity index (χ4v) is 4.03. The minimum atomic E-state index is 1.20. The predicted molar refractivity (Wildman–Crippen MR) is 97.3 cm³/mol. The summed E-state index contributed by atoms with van der Waals surface area (Å²) in [5.41, 5.74) is 1.30. The molecule has 2 heterocycles. The van der Waals surface area contributed by atoms with Gasteiger partial charge in [-0.3, -0.25) is 4.48 Å². The van der Waals surface area contributed by atoms with Crippen molar-refractivity contribution in [2.45, 2.75) is 58.3 Å². The summed E-state index contributed by atoms with van der Waals surface area (Å²) in [6.45, 7) is 6.25. The first-order chi connectivity index (χ1) is 10.8. The molecule has 2 aromatic rings. The smallest absolute Gasteiger partial charge is 0.206 e. The minimum Gasteiger partial charge on any atom is -0.310 e. The maximum absolute atomic E-state index is 3.71. The Morgan fingerprint density at radius 2 is 1.68 bits per heavy atom. The van der Waals surface area contributed by atoms with E-state index in [0.717, 1.165) is 0 Å². The maximum Gasteiger partial charge on any atom is 0.206 e. The summed E-state index contributed by atoms with van der Waals surface area (Å²) in [6, 6.07) is 11.1. The van der Waals surface area contributed by atoms with Crippen molar-refractivity contribution in [3.05, 3.63) is 30.3 Å². The van der Waals surface area contributed by atoms with Crippen LogP contribution in [0.15, 0.2) is 30.3 Å². The highest BCUT2D eigenvalue weighted by Gasteiger charge is 2.35. The molecule has 1 aromatic heterocycles. The van der Waals surface area contributed by atoms with Crippen molar-refractivity contribution in [3.63, 3.8) is 0 Å². The molecule has 0 spiro atoms. The number of para-hydroxylation sites is 1.